The zero-order chi connectivity index (χ0) is 16.9. The summed E-state index contributed by atoms with van der Waals surface area (Å²) in [7, 11) is 0. The maximum Gasteiger partial charge on any atom is 0.227 e. The molecule has 1 atom stereocenters. The van der Waals surface area contributed by atoms with Crippen LogP contribution in [0.3, 0.4) is 0 Å². The van der Waals surface area contributed by atoms with Crippen LogP contribution in [-0.4, -0.2) is 37.5 Å². The van der Waals surface area contributed by atoms with Crippen molar-refractivity contribution in [3.8, 4) is 0 Å². The lowest BCUT2D eigenvalue weighted by molar-refractivity contribution is -0.125. The van der Waals surface area contributed by atoms with Crippen LogP contribution in [0.2, 0.25) is 0 Å². The highest BCUT2D eigenvalue weighted by Gasteiger charge is 2.35. The summed E-state index contributed by atoms with van der Waals surface area (Å²) >= 11 is 0. The van der Waals surface area contributed by atoms with Gasteiger partial charge in [0.25, 0.3) is 0 Å². The minimum Gasteiger partial charge on any atom is -0.365 e. The van der Waals surface area contributed by atoms with Gasteiger partial charge in [0, 0.05) is 38.5 Å². The van der Waals surface area contributed by atoms with E-state index in [1.165, 1.54) is 6.42 Å². The molecule has 2 aliphatic rings. The fourth-order valence-corrected chi connectivity index (χ4v) is 3.67. The van der Waals surface area contributed by atoms with Crippen LogP contribution in [0.1, 0.15) is 45.4 Å². The molecule has 130 valence electrons. The zero-order valence-corrected chi connectivity index (χ0v) is 14.5. The van der Waals surface area contributed by atoms with E-state index in [-0.39, 0.29) is 24.7 Å². The quantitative estimate of drug-likeness (QED) is 0.817. The van der Waals surface area contributed by atoms with Gasteiger partial charge in [0.2, 0.25) is 11.8 Å². The number of amides is 2. The van der Waals surface area contributed by atoms with E-state index < -0.39 is 0 Å². The summed E-state index contributed by atoms with van der Waals surface area (Å²) in [5, 5.41) is 2.88. The van der Waals surface area contributed by atoms with Crippen LogP contribution >= 0.6 is 0 Å². The van der Waals surface area contributed by atoms with Crippen LogP contribution in [0.25, 0.3) is 0 Å². The third-order valence-electron chi connectivity index (χ3n) is 4.97. The second kappa shape index (κ2) is 7.69. The van der Waals surface area contributed by atoms with Gasteiger partial charge in [-0.1, -0.05) is 25.5 Å². The minimum absolute atomic E-state index is 0.0235. The number of nitrogens with zero attached hydrogens (tertiary/aromatic N) is 2. The lowest BCUT2D eigenvalue weighted by Crippen LogP contribution is -2.48. The molecular weight excluding hydrogens is 302 g/mol. The molecule has 0 aromatic heterocycles. The van der Waals surface area contributed by atoms with Gasteiger partial charge in [-0.3, -0.25) is 9.59 Å². The summed E-state index contributed by atoms with van der Waals surface area (Å²) in [5.41, 5.74) is 2.15. The third-order valence-corrected chi connectivity index (χ3v) is 4.97. The summed E-state index contributed by atoms with van der Waals surface area (Å²) < 4.78 is 0. The second-order valence-electron chi connectivity index (χ2n) is 6.69. The summed E-state index contributed by atoms with van der Waals surface area (Å²) in [6.07, 6.45) is 4.91. The molecule has 1 N–H and O–H groups in total. The molecule has 1 fully saturated rings. The van der Waals surface area contributed by atoms with Gasteiger partial charge in [-0.2, -0.15) is 0 Å². The maximum absolute atomic E-state index is 12.7. The van der Waals surface area contributed by atoms with E-state index in [2.05, 4.69) is 23.2 Å². The lowest BCUT2D eigenvalue weighted by Gasteiger charge is -2.40. The van der Waals surface area contributed by atoms with Crippen LogP contribution in [0.5, 0.6) is 0 Å². The predicted molar refractivity (Wildman–Crippen MR) is 96.3 cm³/mol. The van der Waals surface area contributed by atoms with Crippen molar-refractivity contribution in [1.29, 1.82) is 0 Å². The molecular formula is C19H27N3O2. The van der Waals surface area contributed by atoms with Crippen LogP contribution < -0.4 is 15.1 Å². The van der Waals surface area contributed by atoms with E-state index in [0.717, 1.165) is 43.7 Å². The average molecular weight is 329 g/mol. The number of carbonyl (C=O) groups is 2. The molecule has 1 aromatic carbocycles. The Hall–Kier alpha value is -2.04. The normalized spacial score (nSPS) is 19.0. The van der Waals surface area contributed by atoms with Crippen LogP contribution in [0.15, 0.2) is 24.3 Å². The number of hydrogen-bond acceptors (Lipinski definition) is 3. The summed E-state index contributed by atoms with van der Waals surface area (Å²) in [5.74, 6) is 0.0317. The molecule has 0 saturated carbocycles. The van der Waals surface area contributed by atoms with Crippen molar-refractivity contribution in [3.05, 3.63) is 24.3 Å². The van der Waals surface area contributed by atoms with E-state index >= 15 is 0 Å². The number of carbonyl (C=O) groups excluding carboxylic acids is 2. The molecule has 2 aliphatic heterocycles. The highest BCUT2D eigenvalue weighted by atomic mass is 16.2. The van der Waals surface area contributed by atoms with Crippen LogP contribution in [0.4, 0.5) is 11.4 Å². The highest BCUT2D eigenvalue weighted by molar-refractivity contribution is 5.99. The standard InChI is InChI=1S/C19H27N3O2/c1-2-3-12-20-18(23)10-11-19(24)22-14-15-7-6-13-21(15)16-8-4-5-9-17(16)22/h4-5,8-9,15H,2-3,6-7,10-14H2,1H3,(H,20,23)/t15-/m1/s1. The molecule has 1 aromatic rings. The number of unbranched alkanes of at least 4 members (excludes halogenated alkanes) is 1. The fourth-order valence-electron chi connectivity index (χ4n) is 3.67. The molecule has 0 spiro atoms. The Morgan fingerprint density at radius 3 is 2.79 bits per heavy atom. The summed E-state index contributed by atoms with van der Waals surface area (Å²) in [6, 6.07) is 8.55. The van der Waals surface area contributed by atoms with Crippen molar-refractivity contribution in [2.75, 3.05) is 29.4 Å². The molecule has 24 heavy (non-hydrogen) atoms. The minimum atomic E-state index is -0.0235. The monoisotopic (exact) mass is 329 g/mol. The molecule has 2 heterocycles. The highest BCUT2D eigenvalue weighted by Crippen LogP contribution is 2.39. The van der Waals surface area contributed by atoms with Gasteiger partial charge in [-0.05, 0) is 31.4 Å². The van der Waals surface area contributed by atoms with Crippen LogP contribution in [0, 0.1) is 0 Å². The van der Waals surface area contributed by atoms with Gasteiger partial charge >= 0.3 is 0 Å². The number of hydrogen-bond donors (Lipinski definition) is 1. The van der Waals surface area contributed by atoms with E-state index in [9.17, 15) is 9.59 Å². The SMILES string of the molecule is CCCCNC(=O)CCC(=O)N1C[C@H]2CCCN2c2ccccc21. The maximum atomic E-state index is 12.7. The van der Waals surface area contributed by atoms with E-state index in [0.29, 0.717) is 12.6 Å². The van der Waals surface area contributed by atoms with Crippen molar-refractivity contribution < 1.29 is 9.59 Å². The van der Waals surface area contributed by atoms with Gasteiger partial charge in [0.1, 0.15) is 0 Å². The van der Waals surface area contributed by atoms with Gasteiger partial charge < -0.3 is 15.1 Å². The number of benzene rings is 1. The number of nitrogens with one attached hydrogen (secondary N) is 1. The van der Waals surface area contributed by atoms with Gasteiger partial charge in [0.15, 0.2) is 0 Å². The molecule has 2 amide bonds. The first-order valence-corrected chi connectivity index (χ1v) is 9.13. The van der Waals surface area contributed by atoms with Crippen molar-refractivity contribution >= 4 is 23.2 Å². The molecule has 0 unspecified atom stereocenters. The number of fused-ring (bicyclic) bond motifs is 3. The van der Waals surface area contributed by atoms with Gasteiger partial charge in [-0.15, -0.1) is 0 Å². The molecule has 0 aliphatic carbocycles. The molecule has 0 radical (unpaired) electrons. The van der Waals surface area contributed by atoms with Crippen molar-refractivity contribution in [3.63, 3.8) is 0 Å². The smallest absolute Gasteiger partial charge is 0.227 e. The fraction of sp³-hybridized carbons (Fsp3) is 0.579. The first-order chi connectivity index (χ1) is 11.7. The van der Waals surface area contributed by atoms with Crippen molar-refractivity contribution in [1.82, 2.24) is 5.32 Å². The first-order valence-electron chi connectivity index (χ1n) is 9.13. The van der Waals surface area contributed by atoms with Crippen LogP contribution in [-0.2, 0) is 9.59 Å². The Bertz CT molecular complexity index is 602. The predicted octanol–water partition coefficient (Wildman–Crippen LogP) is 2.70. The Kier molecular flexibility index (Phi) is 5.38. The molecule has 3 rings (SSSR count). The second-order valence-corrected chi connectivity index (χ2v) is 6.69. The Balaban J connectivity index is 1.63. The largest absolute Gasteiger partial charge is 0.365 e. The lowest BCUT2D eigenvalue weighted by atomic mass is 10.1. The molecule has 5 nitrogen and oxygen atoms in total. The van der Waals surface area contributed by atoms with Crippen molar-refractivity contribution in [2.24, 2.45) is 0 Å². The Labute approximate surface area is 144 Å². The van der Waals surface area contributed by atoms with Gasteiger partial charge in [0.05, 0.1) is 11.4 Å². The van der Waals surface area contributed by atoms with E-state index in [4.69, 9.17) is 0 Å². The van der Waals surface area contributed by atoms with Crippen molar-refractivity contribution in [2.45, 2.75) is 51.5 Å². The van der Waals surface area contributed by atoms with E-state index in [1.54, 1.807) is 0 Å². The summed E-state index contributed by atoms with van der Waals surface area (Å²) in [6.45, 7) is 4.61. The average Bonchev–Trinajstić information content (AvgIpc) is 3.08. The molecule has 1 saturated heterocycles. The topological polar surface area (TPSA) is 52.7 Å². The number of rotatable bonds is 6. The number of para-hydroxylation sites is 2. The zero-order valence-electron chi connectivity index (χ0n) is 14.5. The summed E-state index contributed by atoms with van der Waals surface area (Å²) in [4.78, 5) is 28.9. The Morgan fingerprint density at radius 1 is 1.21 bits per heavy atom. The third kappa shape index (κ3) is 3.55. The molecule has 0 bridgehead atoms. The number of anilines is 2. The van der Waals surface area contributed by atoms with E-state index in [1.807, 2.05) is 23.1 Å². The molecule has 5 heteroatoms. The Morgan fingerprint density at radius 2 is 2.00 bits per heavy atom. The first kappa shape index (κ1) is 16.8. The van der Waals surface area contributed by atoms with Gasteiger partial charge in [-0.25, -0.2) is 0 Å².